The SMILES string of the molecule is CCCNC1c2cccc(Br)c2CSC1C. The maximum atomic E-state index is 3.66. The highest BCUT2D eigenvalue weighted by Crippen LogP contribution is 2.40. The third-order valence-electron chi connectivity index (χ3n) is 3.06. The highest BCUT2D eigenvalue weighted by atomic mass is 79.9. The zero-order chi connectivity index (χ0) is 11.5. The van der Waals surface area contributed by atoms with E-state index in [9.17, 15) is 0 Å². The van der Waals surface area contributed by atoms with Gasteiger partial charge in [0, 0.05) is 21.5 Å². The maximum Gasteiger partial charge on any atom is 0.0441 e. The molecule has 0 aliphatic carbocycles. The molecule has 88 valence electrons. The van der Waals surface area contributed by atoms with Crippen LogP contribution in [0, 0.1) is 0 Å². The van der Waals surface area contributed by atoms with Crippen molar-refractivity contribution in [1.82, 2.24) is 5.32 Å². The second kappa shape index (κ2) is 5.56. The van der Waals surface area contributed by atoms with E-state index in [1.165, 1.54) is 22.0 Å². The lowest BCUT2D eigenvalue weighted by molar-refractivity contribution is 0.520. The summed E-state index contributed by atoms with van der Waals surface area (Å²) in [5, 5.41) is 4.32. The second-order valence-corrected chi connectivity index (χ2v) is 6.48. The molecule has 2 unspecified atom stereocenters. The van der Waals surface area contributed by atoms with E-state index >= 15 is 0 Å². The van der Waals surface area contributed by atoms with Crippen LogP contribution >= 0.6 is 27.7 Å². The van der Waals surface area contributed by atoms with Crippen molar-refractivity contribution in [2.75, 3.05) is 6.54 Å². The van der Waals surface area contributed by atoms with Gasteiger partial charge in [-0.05, 0) is 30.2 Å². The summed E-state index contributed by atoms with van der Waals surface area (Å²) in [6.07, 6.45) is 1.19. The standard InChI is InChI=1S/C13H18BrNS/c1-3-7-15-13-9(2)16-8-11-10(13)5-4-6-12(11)14/h4-6,9,13,15H,3,7-8H2,1-2H3. The van der Waals surface area contributed by atoms with Crippen molar-refractivity contribution < 1.29 is 0 Å². The Bertz CT molecular complexity index is 367. The summed E-state index contributed by atoms with van der Waals surface area (Å²) in [4.78, 5) is 0. The van der Waals surface area contributed by atoms with Gasteiger partial charge in [0.05, 0.1) is 0 Å². The van der Waals surface area contributed by atoms with Gasteiger partial charge in [0.15, 0.2) is 0 Å². The van der Waals surface area contributed by atoms with Crippen molar-refractivity contribution in [2.45, 2.75) is 37.3 Å². The molecule has 1 aromatic rings. The fourth-order valence-electron chi connectivity index (χ4n) is 2.16. The van der Waals surface area contributed by atoms with Crippen LogP contribution in [-0.4, -0.2) is 11.8 Å². The molecular formula is C13H18BrNS. The predicted octanol–water partition coefficient (Wildman–Crippen LogP) is 4.13. The quantitative estimate of drug-likeness (QED) is 0.901. The van der Waals surface area contributed by atoms with Crippen molar-refractivity contribution in [1.29, 1.82) is 0 Å². The normalized spacial score (nSPS) is 24.2. The van der Waals surface area contributed by atoms with Gasteiger partial charge in [-0.2, -0.15) is 11.8 Å². The predicted molar refractivity (Wildman–Crippen MR) is 75.9 cm³/mol. The molecular weight excluding hydrogens is 282 g/mol. The summed E-state index contributed by atoms with van der Waals surface area (Å²) >= 11 is 5.70. The minimum absolute atomic E-state index is 0.506. The third-order valence-corrected chi connectivity index (χ3v) is 5.06. The minimum atomic E-state index is 0.506. The first-order valence-electron chi connectivity index (χ1n) is 5.86. The van der Waals surface area contributed by atoms with Crippen LogP contribution in [0.1, 0.15) is 37.4 Å². The first-order chi connectivity index (χ1) is 7.74. The number of halogens is 1. The van der Waals surface area contributed by atoms with Gasteiger partial charge in [-0.15, -0.1) is 0 Å². The first-order valence-corrected chi connectivity index (χ1v) is 7.70. The summed E-state index contributed by atoms with van der Waals surface area (Å²) < 4.78 is 1.26. The Hall–Kier alpha value is 0.01000. The van der Waals surface area contributed by atoms with Crippen molar-refractivity contribution >= 4 is 27.7 Å². The molecule has 0 fully saturated rings. The van der Waals surface area contributed by atoms with Crippen LogP contribution in [0.15, 0.2) is 22.7 Å². The van der Waals surface area contributed by atoms with Gasteiger partial charge in [-0.3, -0.25) is 0 Å². The van der Waals surface area contributed by atoms with Crippen molar-refractivity contribution in [3.05, 3.63) is 33.8 Å². The Morgan fingerprint density at radius 3 is 3.06 bits per heavy atom. The number of fused-ring (bicyclic) bond motifs is 1. The minimum Gasteiger partial charge on any atom is -0.309 e. The molecule has 0 amide bonds. The summed E-state index contributed by atoms with van der Waals surface area (Å²) in [6, 6.07) is 7.06. The lowest BCUT2D eigenvalue weighted by atomic mass is 9.98. The average Bonchev–Trinajstić information content (AvgIpc) is 2.28. The van der Waals surface area contributed by atoms with Crippen LogP contribution in [0.25, 0.3) is 0 Å². The van der Waals surface area contributed by atoms with E-state index in [0.29, 0.717) is 11.3 Å². The largest absolute Gasteiger partial charge is 0.309 e. The topological polar surface area (TPSA) is 12.0 Å². The zero-order valence-electron chi connectivity index (χ0n) is 9.79. The van der Waals surface area contributed by atoms with Crippen molar-refractivity contribution in [3.8, 4) is 0 Å². The molecule has 0 aromatic heterocycles. The molecule has 0 radical (unpaired) electrons. The molecule has 2 rings (SSSR count). The maximum absolute atomic E-state index is 3.66. The van der Waals surface area contributed by atoms with Crippen LogP contribution < -0.4 is 5.32 Å². The molecule has 2 atom stereocenters. The van der Waals surface area contributed by atoms with E-state index in [2.05, 4.69) is 53.3 Å². The highest BCUT2D eigenvalue weighted by Gasteiger charge is 2.27. The number of hydrogen-bond donors (Lipinski definition) is 1. The van der Waals surface area contributed by atoms with Gasteiger partial charge < -0.3 is 5.32 Å². The van der Waals surface area contributed by atoms with E-state index < -0.39 is 0 Å². The fraction of sp³-hybridized carbons (Fsp3) is 0.538. The fourth-order valence-corrected chi connectivity index (χ4v) is 4.05. The summed E-state index contributed by atoms with van der Waals surface area (Å²) in [6.45, 7) is 5.64. The van der Waals surface area contributed by atoms with Crippen LogP contribution in [0.2, 0.25) is 0 Å². The summed E-state index contributed by atoms with van der Waals surface area (Å²) in [7, 11) is 0. The molecule has 0 saturated heterocycles. The number of hydrogen-bond acceptors (Lipinski definition) is 2. The molecule has 1 aliphatic rings. The molecule has 1 N–H and O–H groups in total. The first kappa shape index (κ1) is 12.5. The van der Waals surface area contributed by atoms with Gasteiger partial charge >= 0.3 is 0 Å². The highest BCUT2D eigenvalue weighted by molar-refractivity contribution is 9.10. The van der Waals surface area contributed by atoms with Gasteiger partial charge in [0.1, 0.15) is 0 Å². The van der Waals surface area contributed by atoms with Crippen LogP contribution in [0.5, 0.6) is 0 Å². The number of thioether (sulfide) groups is 1. The lowest BCUT2D eigenvalue weighted by Crippen LogP contribution is -2.32. The van der Waals surface area contributed by atoms with Crippen molar-refractivity contribution in [2.24, 2.45) is 0 Å². The van der Waals surface area contributed by atoms with E-state index in [1.807, 2.05) is 11.8 Å². The Morgan fingerprint density at radius 2 is 2.31 bits per heavy atom. The molecule has 0 bridgehead atoms. The molecule has 3 heteroatoms. The van der Waals surface area contributed by atoms with Gasteiger partial charge in [-0.1, -0.05) is 41.9 Å². The zero-order valence-corrected chi connectivity index (χ0v) is 12.2. The molecule has 1 nitrogen and oxygen atoms in total. The van der Waals surface area contributed by atoms with Crippen LogP contribution in [0.4, 0.5) is 0 Å². The van der Waals surface area contributed by atoms with Crippen LogP contribution in [0.3, 0.4) is 0 Å². The molecule has 0 spiro atoms. The number of nitrogens with one attached hydrogen (secondary N) is 1. The molecule has 0 saturated carbocycles. The molecule has 1 heterocycles. The summed E-state index contributed by atoms with van der Waals surface area (Å²) in [5.41, 5.74) is 2.95. The molecule has 1 aliphatic heterocycles. The van der Waals surface area contributed by atoms with Crippen molar-refractivity contribution in [3.63, 3.8) is 0 Å². The number of benzene rings is 1. The Kier molecular flexibility index (Phi) is 4.34. The monoisotopic (exact) mass is 299 g/mol. The van der Waals surface area contributed by atoms with Gasteiger partial charge in [-0.25, -0.2) is 0 Å². The van der Waals surface area contributed by atoms with E-state index in [4.69, 9.17) is 0 Å². The van der Waals surface area contributed by atoms with E-state index in [0.717, 1.165) is 12.3 Å². The number of rotatable bonds is 3. The average molecular weight is 300 g/mol. The second-order valence-electron chi connectivity index (χ2n) is 4.26. The Morgan fingerprint density at radius 1 is 1.50 bits per heavy atom. The van der Waals surface area contributed by atoms with Gasteiger partial charge in [0.25, 0.3) is 0 Å². The van der Waals surface area contributed by atoms with Gasteiger partial charge in [0.2, 0.25) is 0 Å². The Balaban J connectivity index is 2.29. The smallest absolute Gasteiger partial charge is 0.0441 e. The van der Waals surface area contributed by atoms with E-state index in [1.54, 1.807) is 0 Å². The summed E-state index contributed by atoms with van der Waals surface area (Å²) in [5.74, 6) is 1.13. The lowest BCUT2D eigenvalue weighted by Gasteiger charge is -2.32. The van der Waals surface area contributed by atoms with E-state index in [-0.39, 0.29) is 0 Å². The molecule has 1 aromatic carbocycles. The molecule has 16 heavy (non-hydrogen) atoms. The third kappa shape index (κ3) is 2.47. The van der Waals surface area contributed by atoms with Crippen LogP contribution in [-0.2, 0) is 5.75 Å². The Labute approximate surface area is 111 Å².